The number of likely N-dealkylation sites (tertiary alicyclic amines) is 1. The molecule has 0 bridgehead atoms. The van der Waals surface area contributed by atoms with Gasteiger partial charge in [-0.25, -0.2) is 4.79 Å². The number of rotatable bonds is 2. The summed E-state index contributed by atoms with van der Waals surface area (Å²) in [4.78, 5) is 13.4. The van der Waals surface area contributed by atoms with Crippen molar-refractivity contribution < 1.29 is 14.6 Å². The number of carbonyl (C=O) groups is 1. The molecular weight excluding hydrogens is 206 g/mol. The lowest BCUT2D eigenvalue weighted by atomic mass is 9.98. The van der Waals surface area contributed by atoms with Crippen LogP contribution in [0.5, 0.6) is 0 Å². The first kappa shape index (κ1) is 13.3. The normalized spacial score (nSPS) is 26.7. The van der Waals surface area contributed by atoms with Gasteiger partial charge in [-0.1, -0.05) is 13.8 Å². The Kier molecular flexibility index (Phi) is 4.59. The molecule has 16 heavy (non-hydrogen) atoms. The Hall–Kier alpha value is -0.770. The highest BCUT2D eigenvalue weighted by atomic mass is 16.6. The number of aliphatic hydroxyl groups is 1. The van der Waals surface area contributed by atoms with Crippen molar-refractivity contribution in [2.75, 3.05) is 19.7 Å². The summed E-state index contributed by atoms with van der Waals surface area (Å²) >= 11 is 0. The summed E-state index contributed by atoms with van der Waals surface area (Å²) in [6.45, 7) is 7.60. The van der Waals surface area contributed by atoms with E-state index in [4.69, 9.17) is 4.74 Å². The van der Waals surface area contributed by atoms with Crippen LogP contribution in [-0.4, -0.2) is 41.4 Å². The second kappa shape index (κ2) is 5.53. The fourth-order valence-electron chi connectivity index (χ4n) is 1.78. The molecule has 0 radical (unpaired) electrons. The van der Waals surface area contributed by atoms with Crippen LogP contribution in [0.15, 0.2) is 0 Å². The molecule has 1 N–H and O–H groups in total. The van der Waals surface area contributed by atoms with Gasteiger partial charge in [-0.15, -0.1) is 0 Å². The van der Waals surface area contributed by atoms with Crippen molar-refractivity contribution in [3.63, 3.8) is 0 Å². The fourth-order valence-corrected chi connectivity index (χ4v) is 1.78. The Balaban J connectivity index is 2.39. The maximum absolute atomic E-state index is 11.7. The molecule has 0 aromatic rings. The molecule has 1 rings (SSSR count). The molecular formula is C12H23NO3. The number of carbonyl (C=O) groups excluding carboxylic acids is 1. The van der Waals surface area contributed by atoms with Gasteiger partial charge in [-0.3, -0.25) is 0 Å². The lowest BCUT2D eigenvalue weighted by Crippen LogP contribution is -2.34. The minimum absolute atomic E-state index is 0.244. The Morgan fingerprint density at radius 2 is 2.12 bits per heavy atom. The molecule has 1 amide bonds. The number of nitrogens with zero attached hydrogens (tertiary/aromatic N) is 1. The molecule has 4 heteroatoms. The van der Waals surface area contributed by atoms with E-state index in [0.29, 0.717) is 32.0 Å². The van der Waals surface area contributed by atoms with Crippen LogP contribution in [0, 0.1) is 5.92 Å². The quantitative estimate of drug-likeness (QED) is 0.788. The Labute approximate surface area is 97.6 Å². The van der Waals surface area contributed by atoms with Gasteiger partial charge in [0.25, 0.3) is 0 Å². The highest BCUT2D eigenvalue weighted by Crippen LogP contribution is 2.21. The molecule has 94 valence electrons. The van der Waals surface area contributed by atoms with Crippen LogP contribution < -0.4 is 0 Å². The predicted molar refractivity (Wildman–Crippen MR) is 62.2 cm³/mol. The van der Waals surface area contributed by atoms with Crippen molar-refractivity contribution >= 4 is 6.09 Å². The van der Waals surface area contributed by atoms with Crippen molar-refractivity contribution in [3.8, 4) is 0 Å². The van der Waals surface area contributed by atoms with Crippen molar-refractivity contribution in [2.24, 2.45) is 5.92 Å². The van der Waals surface area contributed by atoms with E-state index in [-0.39, 0.29) is 6.09 Å². The SMILES string of the molecule is CC(C)COC(=O)N1CCCC(C)(O)CC1. The summed E-state index contributed by atoms with van der Waals surface area (Å²) < 4.78 is 5.17. The van der Waals surface area contributed by atoms with Crippen LogP contribution in [0.2, 0.25) is 0 Å². The van der Waals surface area contributed by atoms with Gasteiger partial charge in [0.15, 0.2) is 0 Å². The average Bonchev–Trinajstić information content (AvgIpc) is 2.35. The van der Waals surface area contributed by atoms with E-state index in [9.17, 15) is 9.90 Å². The standard InChI is InChI=1S/C12H23NO3/c1-10(2)9-16-11(14)13-7-4-5-12(3,15)6-8-13/h10,15H,4-9H2,1-3H3. The summed E-state index contributed by atoms with van der Waals surface area (Å²) in [5, 5.41) is 9.89. The predicted octanol–water partition coefficient (Wildman–Crippen LogP) is 2.02. The average molecular weight is 229 g/mol. The molecule has 0 aliphatic carbocycles. The Bertz CT molecular complexity index is 238. The molecule has 1 heterocycles. The summed E-state index contributed by atoms with van der Waals surface area (Å²) in [7, 11) is 0. The third kappa shape index (κ3) is 4.39. The highest BCUT2D eigenvalue weighted by molar-refractivity contribution is 5.67. The second-order valence-electron chi connectivity index (χ2n) is 5.31. The largest absolute Gasteiger partial charge is 0.449 e. The first-order valence-electron chi connectivity index (χ1n) is 6.05. The van der Waals surface area contributed by atoms with E-state index >= 15 is 0 Å². The fraction of sp³-hybridized carbons (Fsp3) is 0.917. The van der Waals surface area contributed by atoms with Crippen LogP contribution in [0.25, 0.3) is 0 Å². The van der Waals surface area contributed by atoms with Crippen molar-refractivity contribution in [2.45, 2.75) is 45.6 Å². The van der Waals surface area contributed by atoms with Gasteiger partial charge < -0.3 is 14.7 Å². The topological polar surface area (TPSA) is 49.8 Å². The van der Waals surface area contributed by atoms with E-state index in [2.05, 4.69) is 0 Å². The van der Waals surface area contributed by atoms with Gasteiger partial charge in [0.1, 0.15) is 0 Å². The Morgan fingerprint density at radius 3 is 2.75 bits per heavy atom. The monoisotopic (exact) mass is 229 g/mol. The summed E-state index contributed by atoms with van der Waals surface area (Å²) in [6, 6.07) is 0. The molecule has 0 aromatic heterocycles. The van der Waals surface area contributed by atoms with Gasteiger partial charge in [-0.05, 0) is 32.1 Å². The minimum atomic E-state index is -0.632. The maximum atomic E-state index is 11.7. The van der Waals surface area contributed by atoms with Crippen LogP contribution >= 0.6 is 0 Å². The number of amides is 1. The zero-order valence-electron chi connectivity index (χ0n) is 10.5. The van der Waals surface area contributed by atoms with Gasteiger partial charge in [-0.2, -0.15) is 0 Å². The van der Waals surface area contributed by atoms with Gasteiger partial charge in [0.05, 0.1) is 12.2 Å². The van der Waals surface area contributed by atoms with E-state index in [1.165, 1.54) is 0 Å². The number of ether oxygens (including phenoxy) is 1. The molecule has 1 saturated heterocycles. The number of hydrogen-bond acceptors (Lipinski definition) is 3. The lowest BCUT2D eigenvalue weighted by molar-refractivity contribution is 0.0432. The van der Waals surface area contributed by atoms with E-state index in [1.54, 1.807) is 4.90 Å². The molecule has 1 aliphatic heterocycles. The molecule has 1 aliphatic rings. The molecule has 1 unspecified atom stereocenters. The third-order valence-electron chi connectivity index (χ3n) is 2.86. The first-order valence-corrected chi connectivity index (χ1v) is 6.05. The second-order valence-corrected chi connectivity index (χ2v) is 5.31. The highest BCUT2D eigenvalue weighted by Gasteiger charge is 2.27. The smallest absolute Gasteiger partial charge is 0.409 e. The lowest BCUT2D eigenvalue weighted by Gasteiger charge is -2.22. The van der Waals surface area contributed by atoms with Gasteiger partial charge in [0, 0.05) is 13.1 Å². The summed E-state index contributed by atoms with van der Waals surface area (Å²) in [6.07, 6.45) is 1.97. The summed E-state index contributed by atoms with van der Waals surface area (Å²) in [5.74, 6) is 0.360. The van der Waals surface area contributed by atoms with Gasteiger partial charge in [0.2, 0.25) is 0 Å². The van der Waals surface area contributed by atoms with Crippen molar-refractivity contribution in [1.82, 2.24) is 4.90 Å². The zero-order chi connectivity index (χ0) is 12.2. The molecule has 0 spiro atoms. The van der Waals surface area contributed by atoms with Crippen molar-refractivity contribution in [1.29, 1.82) is 0 Å². The molecule has 0 saturated carbocycles. The van der Waals surface area contributed by atoms with Crippen LogP contribution in [0.1, 0.15) is 40.0 Å². The van der Waals surface area contributed by atoms with E-state index < -0.39 is 5.60 Å². The minimum Gasteiger partial charge on any atom is -0.449 e. The molecule has 4 nitrogen and oxygen atoms in total. The van der Waals surface area contributed by atoms with Gasteiger partial charge >= 0.3 is 6.09 Å². The maximum Gasteiger partial charge on any atom is 0.409 e. The third-order valence-corrected chi connectivity index (χ3v) is 2.86. The van der Waals surface area contributed by atoms with E-state index in [1.807, 2.05) is 20.8 Å². The van der Waals surface area contributed by atoms with Crippen LogP contribution in [-0.2, 0) is 4.74 Å². The first-order chi connectivity index (χ1) is 7.41. The molecule has 1 fully saturated rings. The molecule has 0 aromatic carbocycles. The zero-order valence-corrected chi connectivity index (χ0v) is 10.5. The summed E-state index contributed by atoms with van der Waals surface area (Å²) in [5.41, 5.74) is -0.632. The van der Waals surface area contributed by atoms with Crippen LogP contribution in [0.4, 0.5) is 4.79 Å². The van der Waals surface area contributed by atoms with E-state index in [0.717, 1.165) is 12.8 Å². The Morgan fingerprint density at radius 1 is 1.44 bits per heavy atom. The number of hydrogen-bond donors (Lipinski definition) is 1. The van der Waals surface area contributed by atoms with Crippen molar-refractivity contribution in [3.05, 3.63) is 0 Å². The molecule has 1 atom stereocenters. The van der Waals surface area contributed by atoms with Crippen LogP contribution in [0.3, 0.4) is 0 Å².